The van der Waals surface area contributed by atoms with Crippen molar-refractivity contribution in [3.05, 3.63) is 52.8 Å². The number of aryl methyl sites for hydroxylation is 3. The number of rotatable bonds is 3. The topological polar surface area (TPSA) is 38.0 Å². The molecule has 1 aromatic heterocycles. The van der Waals surface area contributed by atoms with E-state index in [1.54, 1.807) is 0 Å². The van der Waals surface area contributed by atoms with E-state index in [1.165, 1.54) is 5.56 Å². The summed E-state index contributed by atoms with van der Waals surface area (Å²) in [4.78, 5) is 0. The van der Waals surface area contributed by atoms with Crippen molar-refractivity contribution in [3.8, 4) is 0 Å². The van der Waals surface area contributed by atoms with Gasteiger partial charge in [-0.2, -0.15) is 5.10 Å². The Morgan fingerprint density at radius 2 is 1.88 bits per heavy atom. The molecule has 90 valence electrons. The van der Waals surface area contributed by atoms with Crippen molar-refractivity contribution in [2.75, 3.05) is 0 Å². The van der Waals surface area contributed by atoms with Crippen LogP contribution in [0.1, 0.15) is 35.5 Å². The van der Waals surface area contributed by atoms with Crippen LogP contribution in [-0.2, 0) is 6.54 Å². The minimum atomic E-state index is -0.600. The van der Waals surface area contributed by atoms with Gasteiger partial charge in [-0.15, -0.1) is 0 Å². The van der Waals surface area contributed by atoms with Gasteiger partial charge >= 0.3 is 0 Å². The molecule has 0 radical (unpaired) electrons. The third kappa shape index (κ3) is 2.39. The van der Waals surface area contributed by atoms with E-state index in [0.29, 0.717) is 0 Å². The van der Waals surface area contributed by atoms with Crippen molar-refractivity contribution in [3.63, 3.8) is 0 Å². The first kappa shape index (κ1) is 11.9. The summed E-state index contributed by atoms with van der Waals surface area (Å²) in [6.45, 7) is 6.78. The Morgan fingerprint density at radius 3 is 2.47 bits per heavy atom. The molecule has 1 atom stereocenters. The summed E-state index contributed by atoms with van der Waals surface area (Å²) in [6.07, 6.45) is -0.600. The predicted octanol–water partition coefficient (Wildman–Crippen LogP) is 2.60. The number of nitrogens with zero attached hydrogens (tertiary/aromatic N) is 2. The van der Waals surface area contributed by atoms with Crippen LogP contribution < -0.4 is 0 Å². The highest BCUT2D eigenvalue weighted by Crippen LogP contribution is 2.22. The quantitative estimate of drug-likeness (QED) is 0.880. The first-order valence-corrected chi connectivity index (χ1v) is 5.90. The molecule has 1 unspecified atom stereocenters. The van der Waals surface area contributed by atoms with Gasteiger partial charge < -0.3 is 5.11 Å². The van der Waals surface area contributed by atoms with Gasteiger partial charge in [0.1, 0.15) is 6.10 Å². The molecule has 0 aliphatic rings. The number of aliphatic hydroxyl groups is 1. The van der Waals surface area contributed by atoms with Crippen LogP contribution in [0.4, 0.5) is 0 Å². The van der Waals surface area contributed by atoms with Crippen LogP contribution in [-0.4, -0.2) is 14.9 Å². The molecule has 0 spiro atoms. The highest BCUT2D eigenvalue weighted by Gasteiger charge is 2.15. The lowest BCUT2D eigenvalue weighted by molar-refractivity contribution is 0.208. The minimum Gasteiger partial charge on any atom is -0.382 e. The van der Waals surface area contributed by atoms with Gasteiger partial charge in [-0.3, -0.25) is 4.68 Å². The van der Waals surface area contributed by atoms with Crippen LogP contribution >= 0.6 is 0 Å². The molecule has 0 aliphatic heterocycles. The van der Waals surface area contributed by atoms with Gasteiger partial charge in [0.25, 0.3) is 0 Å². The summed E-state index contributed by atoms with van der Waals surface area (Å²) in [5, 5.41) is 14.7. The van der Waals surface area contributed by atoms with E-state index in [2.05, 4.69) is 5.10 Å². The Balaban J connectivity index is 2.35. The Bertz CT molecular complexity index is 499. The molecular formula is C14H18N2O. The zero-order chi connectivity index (χ0) is 12.4. The Morgan fingerprint density at radius 1 is 1.24 bits per heavy atom. The number of benzene rings is 1. The molecular weight excluding hydrogens is 212 g/mol. The van der Waals surface area contributed by atoms with Crippen LogP contribution in [0.25, 0.3) is 0 Å². The van der Waals surface area contributed by atoms with Crippen LogP contribution in [0.2, 0.25) is 0 Å². The van der Waals surface area contributed by atoms with E-state index in [9.17, 15) is 5.11 Å². The smallest absolute Gasteiger partial charge is 0.121 e. The number of aliphatic hydroxyl groups excluding tert-OH is 1. The standard InChI is InChI=1S/C14H18N2O/c1-4-16-13(9-11(3)15-16)14(17)12-7-5-10(2)6-8-12/h5-9,14,17H,4H2,1-3H3. The number of aromatic nitrogens is 2. The fourth-order valence-electron chi connectivity index (χ4n) is 1.96. The average Bonchev–Trinajstić information content (AvgIpc) is 2.70. The highest BCUT2D eigenvalue weighted by atomic mass is 16.3. The van der Waals surface area contributed by atoms with Crippen molar-refractivity contribution in [1.29, 1.82) is 0 Å². The largest absolute Gasteiger partial charge is 0.382 e. The van der Waals surface area contributed by atoms with Crippen molar-refractivity contribution in [2.24, 2.45) is 0 Å². The zero-order valence-electron chi connectivity index (χ0n) is 10.5. The molecule has 0 saturated heterocycles. The van der Waals surface area contributed by atoms with Crippen molar-refractivity contribution in [2.45, 2.75) is 33.4 Å². The fourth-order valence-corrected chi connectivity index (χ4v) is 1.96. The van der Waals surface area contributed by atoms with Gasteiger partial charge in [-0.1, -0.05) is 29.8 Å². The SMILES string of the molecule is CCn1nc(C)cc1C(O)c1ccc(C)cc1. The second kappa shape index (κ2) is 4.72. The first-order chi connectivity index (χ1) is 8.11. The maximum atomic E-state index is 10.3. The predicted molar refractivity (Wildman–Crippen MR) is 67.9 cm³/mol. The van der Waals surface area contributed by atoms with Crippen LogP contribution in [0.15, 0.2) is 30.3 Å². The summed E-state index contributed by atoms with van der Waals surface area (Å²) in [6, 6.07) is 9.88. The molecule has 2 aromatic rings. The normalized spacial score (nSPS) is 12.7. The first-order valence-electron chi connectivity index (χ1n) is 5.90. The second-order valence-corrected chi connectivity index (χ2v) is 4.34. The minimum absolute atomic E-state index is 0.600. The summed E-state index contributed by atoms with van der Waals surface area (Å²) in [7, 11) is 0. The molecule has 0 amide bonds. The maximum Gasteiger partial charge on any atom is 0.121 e. The molecule has 1 N–H and O–H groups in total. The van der Waals surface area contributed by atoms with E-state index >= 15 is 0 Å². The van der Waals surface area contributed by atoms with E-state index in [1.807, 2.05) is 55.8 Å². The summed E-state index contributed by atoms with van der Waals surface area (Å²) in [5.41, 5.74) is 3.90. The monoisotopic (exact) mass is 230 g/mol. The Hall–Kier alpha value is -1.61. The molecule has 17 heavy (non-hydrogen) atoms. The van der Waals surface area contributed by atoms with Crippen molar-refractivity contribution < 1.29 is 5.11 Å². The van der Waals surface area contributed by atoms with E-state index < -0.39 is 6.10 Å². The molecule has 0 aliphatic carbocycles. The van der Waals surface area contributed by atoms with E-state index in [4.69, 9.17) is 0 Å². The summed E-state index contributed by atoms with van der Waals surface area (Å²) in [5.74, 6) is 0. The lowest BCUT2D eigenvalue weighted by Gasteiger charge is -2.12. The van der Waals surface area contributed by atoms with E-state index in [-0.39, 0.29) is 0 Å². The molecule has 0 bridgehead atoms. The van der Waals surface area contributed by atoms with Gasteiger partial charge in [0.15, 0.2) is 0 Å². The molecule has 2 rings (SSSR count). The maximum absolute atomic E-state index is 10.3. The van der Waals surface area contributed by atoms with Crippen LogP contribution in [0.3, 0.4) is 0 Å². The Kier molecular flexibility index (Phi) is 3.29. The molecule has 0 saturated carbocycles. The number of hydrogen-bond acceptors (Lipinski definition) is 2. The van der Waals surface area contributed by atoms with Crippen molar-refractivity contribution >= 4 is 0 Å². The van der Waals surface area contributed by atoms with Gasteiger partial charge in [-0.25, -0.2) is 0 Å². The molecule has 1 heterocycles. The van der Waals surface area contributed by atoms with Crippen molar-refractivity contribution in [1.82, 2.24) is 9.78 Å². The average molecular weight is 230 g/mol. The lowest BCUT2D eigenvalue weighted by atomic mass is 10.0. The Labute approximate surface area is 102 Å². The van der Waals surface area contributed by atoms with Gasteiger partial charge in [0, 0.05) is 6.54 Å². The molecule has 3 nitrogen and oxygen atoms in total. The van der Waals surface area contributed by atoms with E-state index in [0.717, 1.165) is 23.5 Å². The molecule has 0 fully saturated rings. The zero-order valence-corrected chi connectivity index (χ0v) is 10.5. The highest BCUT2D eigenvalue weighted by molar-refractivity contribution is 5.29. The second-order valence-electron chi connectivity index (χ2n) is 4.34. The lowest BCUT2D eigenvalue weighted by Crippen LogP contribution is -2.09. The van der Waals surface area contributed by atoms with Gasteiger partial charge in [0.2, 0.25) is 0 Å². The fraction of sp³-hybridized carbons (Fsp3) is 0.357. The molecule has 1 aromatic carbocycles. The van der Waals surface area contributed by atoms with Crippen LogP contribution in [0, 0.1) is 13.8 Å². The number of hydrogen-bond donors (Lipinski definition) is 1. The molecule has 3 heteroatoms. The summed E-state index contributed by atoms with van der Waals surface area (Å²) >= 11 is 0. The van der Waals surface area contributed by atoms with Gasteiger partial charge in [-0.05, 0) is 32.4 Å². The van der Waals surface area contributed by atoms with Crippen LogP contribution in [0.5, 0.6) is 0 Å². The summed E-state index contributed by atoms with van der Waals surface area (Å²) < 4.78 is 1.85. The van der Waals surface area contributed by atoms with Gasteiger partial charge in [0.05, 0.1) is 11.4 Å². The third-order valence-corrected chi connectivity index (χ3v) is 2.91. The third-order valence-electron chi connectivity index (χ3n) is 2.91.